The Morgan fingerprint density at radius 3 is 2.77 bits per heavy atom. The summed E-state index contributed by atoms with van der Waals surface area (Å²) >= 11 is 0. The quantitative estimate of drug-likeness (QED) is 0.617. The second kappa shape index (κ2) is 6.23. The van der Waals surface area contributed by atoms with Crippen molar-refractivity contribution in [3.05, 3.63) is 12.7 Å². The van der Waals surface area contributed by atoms with E-state index in [4.69, 9.17) is 14.2 Å². The van der Waals surface area contributed by atoms with Crippen molar-refractivity contribution < 1.29 is 19.3 Å². The molecule has 2 saturated heterocycles. The highest BCUT2D eigenvalue weighted by molar-refractivity contribution is 5.82. The van der Waals surface area contributed by atoms with E-state index in [0.29, 0.717) is 17.0 Å². The molecule has 2 fully saturated rings. The smallest absolute Gasteiger partial charge is 0.184 e. The number of ether oxygens (including phenoxy) is 3. The minimum absolute atomic E-state index is 0.156. The third-order valence-electron chi connectivity index (χ3n) is 4.33. The molecule has 0 unspecified atom stereocenters. The van der Waals surface area contributed by atoms with Gasteiger partial charge in [0, 0.05) is 14.1 Å². The van der Waals surface area contributed by atoms with Gasteiger partial charge in [-0.3, -0.25) is 4.57 Å². The first-order valence-corrected chi connectivity index (χ1v) is 8.40. The second-order valence-corrected chi connectivity index (χ2v) is 7.04. The third-order valence-corrected chi connectivity index (χ3v) is 4.33. The van der Waals surface area contributed by atoms with Gasteiger partial charge in [-0.05, 0) is 13.8 Å². The Kier molecular flexibility index (Phi) is 4.14. The first-order chi connectivity index (χ1) is 12.4. The zero-order valence-electron chi connectivity index (χ0n) is 15.1. The molecule has 0 amide bonds. The third kappa shape index (κ3) is 2.84. The molecule has 0 saturated carbocycles. The summed E-state index contributed by atoms with van der Waals surface area (Å²) in [5.74, 6) is -0.267. The summed E-state index contributed by atoms with van der Waals surface area (Å²) in [5.41, 5.74) is 1.15. The van der Waals surface area contributed by atoms with Gasteiger partial charge in [0.15, 0.2) is 29.0 Å². The van der Waals surface area contributed by atoms with Crippen LogP contribution in [0, 0.1) is 0 Å². The van der Waals surface area contributed by atoms with Crippen molar-refractivity contribution in [2.45, 2.75) is 44.2 Å². The highest BCUT2D eigenvalue weighted by atomic mass is 16.8. The van der Waals surface area contributed by atoms with Crippen LogP contribution in [0.25, 0.3) is 11.2 Å². The van der Waals surface area contributed by atoms with Crippen LogP contribution in [0.4, 0.5) is 5.82 Å². The van der Waals surface area contributed by atoms with Gasteiger partial charge in [0.1, 0.15) is 24.6 Å². The molecule has 140 valence electrons. The lowest BCUT2D eigenvalue weighted by Crippen LogP contribution is -2.31. The van der Waals surface area contributed by atoms with Gasteiger partial charge < -0.3 is 24.2 Å². The van der Waals surface area contributed by atoms with Crippen LogP contribution in [-0.4, -0.2) is 80.7 Å². The summed E-state index contributed by atoms with van der Waals surface area (Å²) in [6.07, 6.45) is 3.01. The van der Waals surface area contributed by atoms with E-state index in [9.17, 15) is 5.11 Å². The molecule has 4 rings (SSSR count). The number of rotatable bonds is 4. The summed E-state index contributed by atoms with van der Waals surface area (Å²) in [5, 5.41) is 9.64. The summed E-state index contributed by atoms with van der Waals surface area (Å²) in [7, 11) is 3.75. The minimum atomic E-state index is -0.739. The minimum Gasteiger partial charge on any atom is -0.394 e. The van der Waals surface area contributed by atoms with Gasteiger partial charge >= 0.3 is 0 Å². The van der Waals surface area contributed by atoms with Crippen molar-refractivity contribution in [3.8, 4) is 0 Å². The number of imidazole rings is 1. The van der Waals surface area contributed by atoms with Crippen molar-refractivity contribution in [1.82, 2.24) is 24.4 Å². The lowest BCUT2D eigenvalue weighted by atomic mass is 10.1. The predicted octanol–water partition coefficient (Wildman–Crippen LogP) is 0.457. The standard InChI is InChI=1S/C16H22N6O4/c1-16(2)25-11-9(5-23)24-15(12(11)26-16)22-8-19-10-13(20-7-21(3)4)17-6-18-14(10)22/h6-9,11-12,15,23H,5H2,1-4H3/b20-7+/t9-,11-,12-,15-/m1/s1. The van der Waals surface area contributed by atoms with Crippen molar-refractivity contribution in [3.63, 3.8) is 0 Å². The monoisotopic (exact) mass is 362 g/mol. The Morgan fingerprint density at radius 1 is 1.27 bits per heavy atom. The number of hydrogen-bond donors (Lipinski definition) is 1. The molecule has 10 heteroatoms. The van der Waals surface area contributed by atoms with E-state index in [1.54, 1.807) is 17.2 Å². The second-order valence-electron chi connectivity index (χ2n) is 7.04. The molecule has 0 radical (unpaired) electrons. The van der Waals surface area contributed by atoms with E-state index in [1.165, 1.54) is 6.33 Å². The van der Waals surface area contributed by atoms with Crippen LogP contribution in [-0.2, 0) is 14.2 Å². The summed E-state index contributed by atoms with van der Waals surface area (Å²) in [4.78, 5) is 19.1. The molecule has 0 bridgehead atoms. The van der Waals surface area contributed by atoms with E-state index in [0.717, 1.165) is 0 Å². The van der Waals surface area contributed by atoms with Crippen LogP contribution in [0.1, 0.15) is 20.1 Å². The van der Waals surface area contributed by atoms with Crippen molar-refractivity contribution >= 4 is 23.3 Å². The lowest BCUT2D eigenvalue weighted by molar-refractivity contribution is -0.199. The topological polar surface area (TPSA) is 107 Å². The highest BCUT2D eigenvalue weighted by Crippen LogP contribution is 2.43. The summed E-state index contributed by atoms with van der Waals surface area (Å²) in [6.45, 7) is 3.54. The molecule has 4 atom stereocenters. The van der Waals surface area contributed by atoms with E-state index >= 15 is 0 Å². The molecular weight excluding hydrogens is 340 g/mol. The van der Waals surface area contributed by atoms with Crippen molar-refractivity contribution in [2.75, 3.05) is 20.7 Å². The Hall–Kier alpha value is -2.14. The fourth-order valence-electron chi connectivity index (χ4n) is 3.32. The molecule has 0 spiro atoms. The largest absolute Gasteiger partial charge is 0.394 e. The van der Waals surface area contributed by atoms with Gasteiger partial charge in [0.2, 0.25) is 0 Å². The van der Waals surface area contributed by atoms with Gasteiger partial charge in [-0.15, -0.1) is 0 Å². The van der Waals surface area contributed by atoms with Gasteiger partial charge in [-0.1, -0.05) is 0 Å². The van der Waals surface area contributed by atoms with Gasteiger partial charge in [-0.2, -0.15) is 0 Å². The number of aliphatic hydroxyl groups is 1. The van der Waals surface area contributed by atoms with Crippen LogP contribution in [0.3, 0.4) is 0 Å². The number of aliphatic imine (C=N–C) groups is 1. The van der Waals surface area contributed by atoms with Gasteiger partial charge in [0.05, 0.1) is 19.3 Å². The molecule has 2 aromatic heterocycles. The first-order valence-electron chi connectivity index (χ1n) is 8.40. The highest BCUT2D eigenvalue weighted by Gasteiger charge is 2.55. The molecule has 2 aromatic rings. The zero-order chi connectivity index (χ0) is 18.5. The number of fused-ring (bicyclic) bond motifs is 2. The average Bonchev–Trinajstić information content (AvgIpc) is 3.23. The maximum Gasteiger partial charge on any atom is 0.184 e. The van der Waals surface area contributed by atoms with Crippen LogP contribution in [0.2, 0.25) is 0 Å². The number of nitrogens with zero attached hydrogens (tertiary/aromatic N) is 6. The molecule has 10 nitrogen and oxygen atoms in total. The number of hydrogen-bond acceptors (Lipinski definition) is 8. The fraction of sp³-hybridized carbons (Fsp3) is 0.625. The zero-order valence-corrected chi connectivity index (χ0v) is 15.1. The summed E-state index contributed by atoms with van der Waals surface area (Å²) in [6, 6.07) is 0. The maximum absolute atomic E-state index is 9.64. The first kappa shape index (κ1) is 17.3. The predicted molar refractivity (Wildman–Crippen MR) is 92.0 cm³/mol. The average molecular weight is 362 g/mol. The van der Waals surface area contributed by atoms with Crippen molar-refractivity contribution in [1.29, 1.82) is 0 Å². The Bertz CT molecular complexity index is 835. The summed E-state index contributed by atoms with van der Waals surface area (Å²) < 4.78 is 19.7. The van der Waals surface area contributed by atoms with Crippen LogP contribution < -0.4 is 0 Å². The lowest BCUT2D eigenvalue weighted by Gasteiger charge is -2.24. The van der Waals surface area contributed by atoms with E-state index < -0.39 is 18.1 Å². The Labute approximate surface area is 150 Å². The van der Waals surface area contributed by atoms with Crippen LogP contribution in [0.15, 0.2) is 17.6 Å². The maximum atomic E-state index is 9.64. The number of aliphatic hydroxyl groups excluding tert-OH is 1. The van der Waals surface area contributed by atoms with Crippen molar-refractivity contribution in [2.24, 2.45) is 4.99 Å². The Balaban J connectivity index is 1.72. The Morgan fingerprint density at radius 2 is 2.04 bits per heavy atom. The van der Waals surface area contributed by atoms with E-state index in [-0.39, 0.29) is 18.8 Å². The fourth-order valence-corrected chi connectivity index (χ4v) is 3.32. The molecule has 4 heterocycles. The SMILES string of the molecule is CN(C)/C=N/c1ncnc2c1ncn2[C@@H]1O[C@H](CO)[C@H]2OC(C)(C)O[C@H]21. The van der Waals surface area contributed by atoms with Crippen LogP contribution >= 0.6 is 0 Å². The van der Waals surface area contributed by atoms with Gasteiger partial charge in [-0.25, -0.2) is 19.9 Å². The van der Waals surface area contributed by atoms with Gasteiger partial charge in [0.25, 0.3) is 0 Å². The van der Waals surface area contributed by atoms with E-state index in [2.05, 4.69) is 19.9 Å². The van der Waals surface area contributed by atoms with E-state index in [1.807, 2.05) is 32.8 Å². The molecular formula is C16H22N6O4. The molecule has 1 N–H and O–H groups in total. The molecule has 2 aliphatic heterocycles. The molecule has 2 aliphatic rings. The molecule has 0 aliphatic carbocycles. The van der Waals surface area contributed by atoms with Crippen LogP contribution in [0.5, 0.6) is 0 Å². The molecule has 0 aromatic carbocycles. The normalized spacial score (nSPS) is 30.3. The number of aromatic nitrogens is 4. The molecule has 26 heavy (non-hydrogen) atoms.